The Labute approximate surface area is 189 Å². The van der Waals surface area contributed by atoms with Crippen LogP contribution in [-0.4, -0.2) is 25.0 Å². The number of anilines is 1. The van der Waals surface area contributed by atoms with Crippen LogP contribution in [0.1, 0.15) is 39.2 Å². The molecule has 0 aromatic heterocycles. The topological polar surface area (TPSA) is 76.7 Å². The van der Waals surface area contributed by atoms with E-state index in [0.29, 0.717) is 46.5 Å². The summed E-state index contributed by atoms with van der Waals surface area (Å²) in [6.45, 7) is 2.66. The van der Waals surface area contributed by atoms with Crippen LogP contribution in [0.3, 0.4) is 0 Å². The second kappa shape index (κ2) is 9.28. The molecule has 164 valence electrons. The van der Waals surface area contributed by atoms with Crippen LogP contribution in [0.15, 0.2) is 60.7 Å². The smallest absolute Gasteiger partial charge is 0.255 e. The van der Waals surface area contributed by atoms with Gasteiger partial charge in [-0.15, -0.1) is 0 Å². The van der Waals surface area contributed by atoms with Gasteiger partial charge in [0.15, 0.2) is 11.5 Å². The van der Waals surface area contributed by atoms with Gasteiger partial charge in [0.25, 0.3) is 11.8 Å². The van der Waals surface area contributed by atoms with Crippen LogP contribution in [0, 0.1) is 5.82 Å². The molecule has 0 saturated heterocycles. The molecule has 0 saturated carbocycles. The summed E-state index contributed by atoms with van der Waals surface area (Å²) in [6, 6.07) is 15.2. The van der Waals surface area contributed by atoms with Crippen molar-refractivity contribution in [3.05, 3.63) is 88.2 Å². The minimum atomic E-state index is -0.402. The average molecular weight is 455 g/mol. The molecule has 32 heavy (non-hydrogen) atoms. The standard InChI is InChI=1S/C24H20ClFN2O4/c1-14(27-24(30)17-12-20(25)22-21(13-17)31-10-11-32-22)15-4-8-19(9-5-15)28-23(29)16-2-6-18(26)7-3-16/h2-9,12-14H,10-11H2,1H3,(H,27,30)(H,28,29). The molecule has 0 radical (unpaired) electrons. The van der Waals surface area contributed by atoms with Gasteiger partial charge in [0.1, 0.15) is 19.0 Å². The van der Waals surface area contributed by atoms with Crippen LogP contribution in [0.2, 0.25) is 5.02 Å². The Morgan fingerprint density at radius 2 is 1.62 bits per heavy atom. The van der Waals surface area contributed by atoms with E-state index in [1.807, 2.05) is 19.1 Å². The predicted octanol–water partition coefficient (Wildman–Crippen LogP) is 4.99. The van der Waals surface area contributed by atoms with E-state index in [-0.39, 0.29) is 17.9 Å². The molecule has 8 heteroatoms. The van der Waals surface area contributed by atoms with E-state index in [2.05, 4.69) is 10.6 Å². The fraction of sp³-hybridized carbons (Fsp3) is 0.167. The van der Waals surface area contributed by atoms with E-state index < -0.39 is 5.82 Å². The quantitative estimate of drug-likeness (QED) is 0.569. The third kappa shape index (κ3) is 4.84. The summed E-state index contributed by atoms with van der Waals surface area (Å²) in [7, 11) is 0. The number of rotatable bonds is 5. The van der Waals surface area contributed by atoms with Gasteiger partial charge in [0, 0.05) is 16.8 Å². The molecule has 1 heterocycles. The third-order valence-electron chi connectivity index (χ3n) is 4.98. The number of fused-ring (bicyclic) bond motifs is 1. The normalized spacial score (nSPS) is 13.2. The molecule has 1 unspecified atom stereocenters. The van der Waals surface area contributed by atoms with Crippen LogP contribution in [0.25, 0.3) is 0 Å². The predicted molar refractivity (Wildman–Crippen MR) is 119 cm³/mol. The van der Waals surface area contributed by atoms with E-state index >= 15 is 0 Å². The largest absolute Gasteiger partial charge is 0.486 e. The van der Waals surface area contributed by atoms with Gasteiger partial charge in [-0.3, -0.25) is 9.59 Å². The highest BCUT2D eigenvalue weighted by Crippen LogP contribution is 2.38. The summed E-state index contributed by atoms with van der Waals surface area (Å²) < 4.78 is 24.0. The molecule has 1 atom stereocenters. The van der Waals surface area contributed by atoms with Crippen molar-refractivity contribution in [2.75, 3.05) is 18.5 Å². The van der Waals surface area contributed by atoms with Crippen LogP contribution in [-0.2, 0) is 0 Å². The van der Waals surface area contributed by atoms with Crippen molar-refractivity contribution >= 4 is 29.1 Å². The van der Waals surface area contributed by atoms with Crippen molar-refractivity contribution in [1.29, 1.82) is 0 Å². The van der Waals surface area contributed by atoms with Crippen LogP contribution in [0.5, 0.6) is 11.5 Å². The van der Waals surface area contributed by atoms with Crippen molar-refractivity contribution in [3.63, 3.8) is 0 Å². The maximum absolute atomic E-state index is 13.0. The molecule has 3 aromatic carbocycles. The van der Waals surface area contributed by atoms with E-state index in [0.717, 1.165) is 5.56 Å². The number of carbonyl (C=O) groups excluding carboxylic acids is 2. The molecule has 0 aliphatic carbocycles. The Balaban J connectivity index is 1.40. The van der Waals surface area contributed by atoms with E-state index in [9.17, 15) is 14.0 Å². The molecule has 0 spiro atoms. The first-order valence-electron chi connectivity index (χ1n) is 9.97. The minimum absolute atomic E-state index is 0.295. The molecule has 6 nitrogen and oxygen atoms in total. The molecule has 2 N–H and O–H groups in total. The summed E-state index contributed by atoms with van der Waals surface area (Å²) in [6.07, 6.45) is 0. The number of amides is 2. The molecule has 1 aliphatic rings. The number of ether oxygens (including phenoxy) is 2. The first-order valence-corrected chi connectivity index (χ1v) is 10.4. The summed E-state index contributed by atoms with van der Waals surface area (Å²) in [5.41, 5.74) is 2.16. The summed E-state index contributed by atoms with van der Waals surface area (Å²) in [5, 5.41) is 6.00. The molecular weight excluding hydrogens is 435 g/mol. The Morgan fingerprint density at radius 3 is 2.34 bits per heavy atom. The van der Waals surface area contributed by atoms with Crippen molar-refractivity contribution < 1.29 is 23.5 Å². The molecule has 4 rings (SSSR count). The van der Waals surface area contributed by atoms with Gasteiger partial charge in [0.2, 0.25) is 0 Å². The highest BCUT2D eigenvalue weighted by molar-refractivity contribution is 6.32. The van der Waals surface area contributed by atoms with Gasteiger partial charge in [-0.05, 0) is 61.0 Å². The lowest BCUT2D eigenvalue weighted by Crippen LogP contribution is -2.27. The maximum atomic E-state index is 13.0. The monoisotopic (exact) mass is 454 g/mol. The highest BCUT2D eigenvalue weighted by atomic mass is 35.5. The molecule has 1 aliphatic heterocycles. The highest BCUT2D eigenvalue weighted by Gasteiger charge is 2.20. The van der Waals surface area contributed by atoms with Crippen LogP contribution >= 0.6 is 11.6 Å². The minimum Gasteiger partial charge on any atom is -0.486 e. The Morgan fingerprint density at radius 1 is 0.938 bits per heavy atom. The van der Waals surface area contributed by atoms with Gasteiger partial charge >= 0.3 is 0 Å². The van der Waals surface area contributed by atoms with Crippen molar-refractivity contribution in [3.8, 4) is 11.5 Å². The molecule has 0 fully saturated rings. The maximum Gasteiger partial charge on any atom is 0.255 e. The number of hydrogen-bond acceptors (Lipinski definition) is 4. The first-order chi connectivity index (χ1) is 15.4. The Bertz CT molecular complexity index is 1150. The van der Waals surface area contributed by atoms with Gasteiger partial charge in [-0.2, -0.15) is 0 Å². The zero-order chi connectivity index (χ0) is 22.7. The Kier molecular flexibility index (Phi) is 6.28. The molecule has 3 aromatic rings. The van der Waals surface area contributed by atoms with E-state index in [4.69, 9.17) is 21.1 Å². The number of halogens is 2. The number of hydrogen-bond donors (Lipinski definition) is 2. The second-order valence-electron chi connectivity index (χ2n) is 7.26. The van der Waals surface area contributed by atoms with E-state index in [1.54, 1.807) is 24.3 Å². The second-order valence-corrected chi connectivity index (χ2v) is 7.67. The van der Waals surface area contributed by atoms with Crippen LogP contribution < -0.4 is 20.1 Å². The number of carbonyl (C=O) groups is 2. The fourth-order valence-electron chi connectivity index (χ4n) is 3.26. The van der Waals surface area contributed by atoms with Gasteiger partial charge in [0.05, 0.1) is 11.1 Å². The molecular formula is C24H20ClFN2O4. The lowest BCUT2D eigenvalue weighted by molar-refractivity contribution is 0.0938. The summed E-state index contributed by atoms with van der Waals surface area (Å²) in [5.74, 6) is -0.149. The number of benzene rings is 3. The third-order valence-corrected chi connectivity index (χ3v) is 5.26. The van der Waals surface area contributed by atoms with E-state index in [1.165, 1.54) is 24.3 Å². The SMILES string of the molecule is CC(NC(=O)c1cc(Cl)c2c(c1)OCCO2)c1ccc(NC(=O)c2ccc(F)cc2)cc1. The molecule has 2 amide bonds. The summed E-state index contributed by atoms with van der Waals surface area (Å²) in [4.78, 5) is 25.0. The summed E-state index contributed by atoms with van der Waals surface area (Å²) >= 11 is 6.22. The zero-order valence-electron chi connectivity index (χ0n) is 17.2. The fourth-order valence-corrected chi connectivity index (χ4v) is 3.53. The number of nitrogens with one attached hydrogen (secondary N) is 2. The molecule has 0 bridgehead atoms. The van der Waals surface area contributed by atoms with Gasteiger partial charge in [-0.25, -0.2) is 4.39 Å². The van der Waals surface area contributed by atoms with Crippen molar-refractivity contribution in [1.82, 2.24) is 5.32 Å². The van der Waals surface area contributed by atoms with Gasteiger partial charge < -0.3 is 20.1 Å². The lowest BCUT2D eigenvalue weighted by atomic mass is 10.1. The van der Waals surface area contributed by atoms with Gasteiger partial charge in [-0.1, -0.05) is 23.7 Å². The van der Waals surface area contributed by atoms with Crippen LogP contribution in [0.4, 0.5) is 10.1 Å². The van der Waals surface area contributed by atoms with Crippen molar-refractivity contribution in [2.24, 2.45) is 0 Å². The van der Waals surface area contributed by atoms with Crippen molar-refractivity contribution in [2.45, 2.75) is 13.0 Å². The average Bonchev–Trinajstić information content (AvgIpc) is 2.80. The zero-order valence-corrected chi connectivity index (χ0v) is 17.9. The first kappa shape index (κ1) is 21.6. The lowest BCUT2D eigenvalue weighted by Gasteiger charge is -2.21. The Hall–Kier alpha value is -3.58.